The van der Waals surface area contributed by atoms with Crippen LogP contribution < -0.4 is 0 Å². The lowest BCUT2D eigenvalue weighted by molar-refractivity contribution is -0.387. The Hall–Kier alpha value is -1.49. The predicted octanol–water partition coefficient (Wildman–Crippen LogP) is 2.58. The minimum Gasteiger partial charge on any atom is -0.300 e. The standard InChI is InChI=1S/C11H15FN2O2/c1-3-13(4-2)8-9-5-6-11(14(15)16)10(12)7-9/h5-7H,3-4,8H2,1-2H3. The molecule has 1 aromatic carbocycles. The first-order chi connectivity index (χ1) is 7.58. The largest absolute Gasteiger partial charge is 0.304 e. The molecule has 0 saturated heterocycles. The van der Waals surface area contributed by atoms with Gasteiger partial charge in [0.05, 0.1) is 4.92 Å². The van der Waals surface area contributed by atoms with Crippen molar-refractivity contribution in [1.82, 2.24) is 4.90 Å². The third kappa shape index (κ3) is 3.00. The topological polar surface area (TPSA) is 46.4 Å². The number of benzene rings is 1. The zero-order valence-electron chi connectivity index (χ0n) is 9.44. The summed E-state index contributed by atoms with van der Waals surface area (Å²) in [4.78, 5) is 11.8. The van der Waals surface area contributed by atoms with E-state index in [9.17, 15) is 14.5 Å². The monoisotopic (exact) mass is 226 g/mol. The molecule has 88 valence electrons. The van der Waals surface area contributed by atoms with Crippen LogP contribution in [-0.2, 0) is 6.54 Å². The van der Waals surface area contributed by atoms with E-state index in [1.165, 1.54) is 12.1 Å². The Morgan fingerprint density at radius 2 is 2.00 bits per heavy atom. The summed E-state index contributed by atoms with van der Waals surface area (Å²) in [5.74, 6) is -0.769. The fourth-order valence-corrected chi connectivity index (χ4v) is 1.50. The number of nitrogens with zero attached hydrogens (tertiary/aromatic N) is 2. The molecule has 5 heteroatoms. The van der Waals surface area contributed by atoms with Crippen LogP contribution >= 0.6 is 0 Å². The zero-order chi connectivity index (χ0) is 12.1. The third-order valence-corrected chi connectivity index (χ3v) is 2.51. The number of nitro benzene ring substituents is 1. The van der Waals surface area contributed by atoms with Gasteiger partial charge in [0, 0.05) is 12.6 Å². The van der Waals surface area contributed by atoms with Crippen LogP contribution in [0.15, 0.2) is 18.2 Å². The zero-order valence-corrected chi connectivity index (χ0v) is 9.44. The summed E-state index contributed by atoms with van der Waals surface area (Å²) in [5.41, 5.74) is 0.287. The van der Waals surface area contributed by atoms with Gasteiger partial charge in [0.1, 0.15) is 0 Å². The number of rotatable bonds is 5. The maximum atomic E-state index is 13.3. The Balaban J connectivity index is 2.84. The van der Waals surface area contributed by atoms with E-state index in [1.54, 1.807) is 6.07 Å². The van der Waals surface area contributed by atoms with Gasteiger partial charge in [0.15, 0.2) is 0 Å². The molecule has 0 atom stereocenters. The second-order valence-electron chi connectivity index (χ2n) is 3.50. The normalized spacial score (nSPS) is 10.8. The van der Waals surface area contributed by atoms with Gasteiger partial charge in [-0.1, -0.05) is 19.9 Å². The highest BCUT2D eigenvalue weighted by Crippen LogP contribution is 2.18. The highest BCUT2D eigenvalue weighted by molar-refractivity contribution is 5.34. The van der Waals surface area contributed by atoms with Crippen molar-refractivity contribution in [1.29, 1.82) is 0 Å². The molecule has 0 aliphatic carbocycles. The molecule has 0 amide bonds. The molecule has 16 heavy (non-hydrogen) atoms. The van der Waals surface area contributed by atoms with Crippen LogP contribution in [0.3, 0.4) is 0 Å². The van der Waals surface area contributed by atoms with Crippen LogP contribution in [0.2, 0.25) is 0 Å². The van der Waals surface area contributed by atoms with Crippen molar-refractivity contribution >= 4 is 5.69 Å². The average Bonchev–Trinajstić information content (AvgIpc) is 2.25. The molecule has 0 unspecified atom stereocenters. The highest BCUT2D eigenvalue weighted by Gasteiger charge is 2.14. The molecule has 0 radical (unpaired) electrons. The molecule has 1 rings (SSSR count). The lowest BCUT2D eigenvalue weighted by atomic mass is 10.2. The average molecular weight is 226 g/mol. The van der Waals surface area contributed by atoms with Crippen LogP contribution in [0.4, 0.5) is 10.1 Å². The molecular formula is C11H15FN2O2. The van der Waals surface area contributed by atoms with Gasteiger partial charge in [-0.05, 0) is 24.7 Å². The summed E-state index contributed by atoms with van der Waals surface area (Å²) >= 11 is 0. The van der Waals surface area contributed by atoms with Crippen LogP contribution in [0.25, 0.3) is 0 Å². The molecule has 0 spiro atoms. The van der Waals surface area contributed by atoms with Gasteiger partial charge in [0.25, 0.3) is 0 Å². The molecule has 0 bridgehead atoms. The van der Waals surface area contributed by atoms with E-state index in [1.807, 2.05) is 13.8 Å². The third-order valence-electron chi connectivity index (χ3n) is 2.51. The summed E-state index contributed by atoms with van der Waals surface area (Å²) < 4.78 is 13.3. The van der Waals surface area contributed by atoms with Crippen molar-refractivity contribution in [3.63, 3.8) is 0 Å². The molecule has 4 nitrogen and oxygen atoms in total. The second-order valence-corrected chi connectivity index (χ2v) is 3.50. The van der Waals surface area contributed by atoms with Gasteiger partial charge in [-0.25, -0.2) is 0 Å². The Kier molecular flexibility index (Phi) is 4.37. The summed E-state index contributed by atoms with van der Waals surface area (Å²) in [6.07, 6.45) is 0. The first-order valence-corrected chi connectivity index (χ1v) is 5.23. The summed E-state index contributed by atoms with van der Waals surface area (Å²) in [5, 5.41) is 10.4. The molecule has 0 heterocycles. The quantitative estimate of drug-likeness (QED) is 0.572. The molecule has 0 fully saturated rings. The summed E-state index contributed by atoms with van der Waals surface area (Å²) in [6, 6.07) is 4.05. The first-order valence-electron chi connectivity index (χ1n) is 5.23. The number of halogens is 1. The minimum atomic E-state index is -0.769. The molecule has 0 aliphatic heterocycles. The van der Waals surface area contributed by atoms with Crippen LogP contribution in [-0.4, -0.2) is 22.9 Å². The van der Waals surface area contributed by atoms with Crippen molar-refractivity contribution in [3.8, 4) is 0 Å². The number of hydrogen-bond donors (Lipinski definition) is 0. The number of nitro groups is 1. The molecule has 1 aromatic rings. The van der Waals surface area contributed by atoms with E-state index in [0.29, 0.717) is 6.54 Å². The van der Waals surface area contributed by atoms with E-state index in [4.69, 9.17) is 0 Å². The highest BCUT2D eigenvalue weighted by atomic mass is 19.1. The van der Waals surface area contributed by atoms with Crippen molar-refractivity contribution in [2.45, 2.75) is 20.4 Å². The van der Waals surface area contributed by atoms with Crippen LogP contribution in [0.5, 0.6) is 0 Å². The lowest BCUT2D eigenvalue weighted by Gasteiger charge is -2.17. The Bertz CT molecular complexity index is 378. The fraction of sp³-hybridized carbons (Fsp3) is 0.455. The van der Waals surface area contributed by atoms with Crippen molar-refractivity contribution in [2.75, 3.05) is 13.1 Å². The Morgan fingerprint density at radius 1 is 1.38 bits per heavy atom. The van der Waals surface area contributed by atoms with Crippen molar-refractivity contribution < 1.29 is 9.31 Å². The van der Waals surface area contributed by atoms with Gasteiger partial charge < -0.3 is 0 Å². The second kappa shape index (κ2) is 5.55. The Morgan fingerprint density at radius 3 is 2.44 bits per heavy atom. The molecule has 0 saturated carbocycles. The Labute approximate surface area is 93.8 Å². The van der Waals surface area contributed by atoms with Gasteiger partial charge in [-0.3, -0.25) is 15.0 Å². The van der Waals surface area contributed by atoms with Gasteiger partial charge in [-0.2, -0.15) is 4.39 Å². The molecular weight excluding hydrogens is 211 g/mol. The number of hydrogen-bond acceptors (Lipinski definition) is 3. The summed E-state index contributed by atoms with van der Waals surface area (Å²) in [7, 11) is 0. The van der Waals surface area contributed by atoms with Crippen molar-refractivity contribution in [2.24, 2.45) is 0 Å². The predicted molar refractivity (Wildman–Crippen MR) is 59.7 cm³/mol. The lowest BCUT2D eigenvalue weighted by Crippen LogP contribution is -2.22. The summed E-state index contributed by atoms with van der Waals surface area (Å²) in [6.45, 7) is 6.39. The van der Waals surface area contributed by atoms with Crippen LogP contribution in [0.1, 0.15) is 19.4 Å². The molecule has 0 aromatic heterocycles. The van der Waals surface area contributed by atoms with E-state index in [0.717, 1.165) is 18.7 Å². The minimum absolute atomic E-state index is 0.469. The van der Waals surface area contributed by atoms with E-state index in [2.05, 4.69) is 4.90 Å². The van der Waals surface area contributed by atoms with E-state index in [-0.39, 0.29) is 0 Å². The molecule has 0 aliphatic rings. The maximum Gasteiger partial charge on any atom is 0.304 e. The van der Waals surface area contributed by atoms with E-state index < -0.39 is 16.4 Å². The van der Waals surface area contributed by atoms with E-state index >= 15 is 0 Å². The SMILES string of the molecule is CCN(CC)Cc1ccc([N+](=O)[O-])c(F)c1. The van der Waals surface area contributed by atoms with Gasteiger partial charge in [0.2, 0.25) is 5.82 Å². The smallest absolute Gasteiger partial charge is 0.300 e. The molecule has 0 N–H and O–H groups in total. The fourth-order valence-electron chi connectivity index (χ4n) is 1.50. The first kappa shape index (κ1) is 12.6. The van der Waals surface area contributed by atoms with Gasteiger partial charge >= 0.3 is 5.69 Å². The van der Waals surface area contributed by atoms with Crippen LogP contribution in [0, 0.1) is 15.9 Å². The van der Waals surface area contributed by atoms with Gasteiger partial charge in [-0.15, -0.1) is 0 Å². The maximum absolute atomic E-state index is 13.3. The van der Waals surface area contributed by atoms with Crippen molar-refractivity contribution in [3.05, 3.63) is 39.7 Å².